The van der Waals surface area contributed by atoms with Crippen molar-refractivity contribution in [2.24, 2.45) is 0 Å². The molecule has 3 aromatic rings. The average Bonchev–Trinajstić information content (AvgIpc) is 3.06. The second-order valence-electron chi connectivity index (χ2n) is 5.82. The fraction of sp³-hybridized carbons (Fsp3) is 0.222. The molecule has 0 saturated carbocycles. The zero-order valence-corrected chi connectivity index (χ0v) is 16.2. The number of fused-ring (bicyclic) bond motifs is 1. The molecule has 0 radical (unpaired) electrons. The summed E-state index contributed by atoms with van der Waals surface area (Å²) >= 11 is 1.36. The number of rotatable bonds is 7. The minimum atomic E-state index is -3.42. The number of nitrogens with zero attached hydrogens (tertiary/aromatic N) is 1. The molecule has 3 rings (SSSR count). The first-order chi connectivity index (χ1) is 12.9. The third-order valence-corrected chi connectivity index (χ3v) is 6.57. The largest absolute Gasteiger partial charge is 0.506 e. The van der Waals surface area contributed by atoms with Crippen LogP contribution in [0.3, 0.4) is 0 Å². The summed E-state index contributed by atoms with van der Waals surface area (Å²) in [5.41, 5.74) is 1.90. The van der Waals surface area contributed by atoms with Crippen LogP contribution in [0, 0.1) is 0 Å². The Labute approximate surface area is 161 Å². The first kappa shape index (κ1) is 19.2. The molecule has 0 fully saturated rings. The molecule has 7 nitrogen and oxygen atoms in total. The Kier molecular flexibility index (Phi) is 5.71. The Morgan fingerprint density at radius 3 is 2.78 bits per heavy atom. The standard InChI is InChI=1S/C18H19N3O4S2/c1-2-27(24,25)12-7-8-16(22)15(9-12)21-18(23)11-26-10-17-19-13-5-3-4-6-14(13)20-17/h3-9,22H,2,10-11H2,1H3,(H,19,20)(H,21,23). The zero-order valence-electron chi connectivity index (χ0n) is 14.6. The van der Waals surface area contributed by atoms with Gasteiger partial charge < -0.3 is 15.4 Å². The van der Waals surface area contributed by atoms with E-state index in [1.54, 1.807) is 0 Å². The van der Waals surface area contributed by atoms with E-state index in [-0.39, 0.29) is 33.7 Å². The van der Waals surface area contributed by atoms with Crippen molar-refractivity contribution in [1.82, 2.24) is 9.97 Å². The fourth-order valence-corrected chi connectivity index (χ4v) is 4.07. The Balaban J connectivity index is 1.60. The van der Waals surface area contributed by atoms with E-state index in [0.29, 0.717) is 5.75 Å². The summed E-state index contributed by atoms with van der Waals surface area (Å²) in [5.74, 6) is 0.865. The summed E-state index contributed by atoms with van der Waals surface area (Å²) in [5, 5.41) is 12.4. The number of aromatic nitrogens is 2. The van der Waals surface area contributed by atoms with Crippen LogP contribution in [0.5, 0.6) is 5.75 Å². The van der Waals surface area contributed by atoms with E-state index in [9.17, 15) is 18.3 Å². The van der Waals surface area contributed by atoms with Crippen LogP contribution < -0.4 is 5.32 Å². The SMILES string of the molecule is CCS(=O)(=O)c1ccc(O)c(NC(=O)CSCc2nc3ccccc3[nH]2)c1. The van der Waals surface area contributed by atoms with Gasteiger partial charge in [-0.3, -0.25) is 4.79 Å². The molecule has 0 unspecified atom stereocenters. The number of benzene rings is 2. The highest BCUT2D eigenvalue weighted by atomic mass is 32.2. The second-order valence-corrected chi connectivity index (χ2v) is 9.09. The molecule has 0 atom stereocenters. The Morgan fingerprint density at radius 2 is 2.04 bits per heavy atom. The number of para-hydroxylation sites is 2. The van der Waals surface area contributed by atoms with Gasteiger partial charge in [-0.15, -0.1) is 11.8 Å². The van der Waals surface area contributed by atoms with Crippen LogP contribution in [0.2, 0.25) is 0 Å². The minimum Gasteiger partial charge on any atom is -0.506 e. The van der Waals surface area contributed by atoms with Crippen molar-refractivity contribution in [3.8, 4) is 5.75 Å². The number of anilines is 1. The molecule has 0 aliphatic heterocycles. The van der Waals surface area contributed by atoms with Crippen LogP contribution in [0.4, 0.5) is 5.69 Å². The quantitative estimate of drug-likeness (QED) is 0.521. The van der Waals surface area contributed by atoms with Crippen molar-refractivity contribution >= 4 is 44.2 Å². The number of thioether (sulfide) groups is 1. The topological polar surface area (TPSA) is 112 Å². The smallest absolute Gasteiger partial charge is 0.234 e. The predicted octanol–water partition coefficient (Wildman–Crippen LogP) is 2.93. The van der Waals surface area contributed by atoms with Crippen molar-refractivity contribution in [2.75, 3.05) is 16.8 Å². The lowest BCUT2D eigenvalue weighted by Gasteiger charge is -2.09. The van der Waals surface area contributed by atoms with Gasteiger partial charge in [0.05, 0.1) is 38.9 Å². The van der Waals surface area contributed by atoms with E-state index in [4.69, 9.17) is 0 Å². The summed E-state index contributed by atoms with van der Waals surface area (Å²) in [7, 11) is -3.42. The molecule has 0 aliphatic carbocycles. The van der Waals surface area contributed by atoms with Crippen LogP contribution >= 0.6 is 11.8 Å². The molecule has 27 heavy (non-hydrogen) atoms. The number of imidazole rings is 1. The van der Waals surface area contributed by atoms with Gasteiger partial charge in [-0.1, -0.05) is 19.1 Å². The Bertz CT molecular complexity index is 1040. The molecule has 0 spiro atoms. The van der Waals surface area contributed by atoms with Gasteiger partial charge in [-0.2, -0.15) is 0 Å². The number of hydrogen-bond acceptors (Lipinski definition) is 6. The van der Waals surface area contributed by atoms with Gasteiger partial charge in [0.25, 0.3) is 0 Å². The number of amides is 1. The molecule has 1 heterocycles. The number of aromatic amines is 1. The number of nitrogens with one attached hydrogen (secondary N) is 2. The van der Waals surface area contributed by atoms with Crippen molar-refractivity contribution in [3.05, 3.63) is 48.3 Å². The zero-order chi connectivity index (χ0) is 19.4. The molecule has 142 valence electrons. The number of carbonyl (C=O) groups excluding carboxylic acids is 1. The molecule has 1 aromatic heterocycles. The number of H-pyrrole nitrogens is 1. The first-order valence-electron chi connectivity index (χ1n) is 8.26. The van der Waals surface area contributed by atoms with Gasteiger partial charge >= 0.3 is 0 Å². The van der Waals surface area contributed by atoms with Gasteiger partial charge in [0.2, 0.25) is 5.91 Å². The van der Waals surface area contributed by atoms with Crippen LogP contribution in [0.1, 0.15) is 12.7 Å². The van der Waals surface area contributed by atoms with Gasteiger partial charge in [0.15, 0.2) is 9.84 Å². The van der Waals surface area contributed by atoms with Gasteiger partial charge in [0, 0.05) is 0 Å². The van der Waals surface area contributed by atoms with E-state index < -0.39 is 9.84 Å². The van der Waals surface area contributed by atoms with Gasteiger partial charge in [0.1, 0.15) is 11.6 Å². The molecule has 0 saturated heterocycles. The predicted molar refractivity (Wildman–Crippen MR) is 107 cm³/mol. The van der Waals surface area contributed by atoms with E-state index in [1.165, 1.54) is 36.9 Å². The summed E-state index contributed by atoms with van der Waals surface area (Å²) in [6.07, 6.45) is 0. The monoisotopic (exact) mass is 405 g/mol. The molecule has 9 heteroatoms. The number of hydrogen-bond donors (Lipinski definition) is 3. The maximum Gasteiger partial charge on any atom is 0.234 e. The van der Waals surface area contributed by atoms with E-state index >= 15 is 0 Å². The summed E-state index contributed by atoms with van der Waals surface area (Å²) < 4.78 is 23.9. The summed E-state index contributed by atoms with van der Waals surface area (Å²) in [6, 6.07) is 11.5. The highest BCUT2D eigenvalue weighted by Gasteiger charge is 2.15. The number of carbonyl (C=O) groups is 1. The fourth-order valence-electron chi connectivity index (χ4n) is 2.48. The number of phenols is 1. The molecule has 2 aromatic carbocycles. The number of aromatic hydroxyl groups is 1. The van der Waals surface area contributed by atoms with E-state index in [0.717, 1.165) is 16.9 Å². The van der Waals surface area contributed by atoms with Crippen LogP contribution in [-0.4, -0.2) is 40.9 Å². The van der Waals surface area contributed by atoms with Crippen LogP contribution in [-0.2, 0) is 20.4 Å². The molecule has 1 amide bonds. The number of phenolic OH excluding ortho intramolecular Hbond substituents is 1. The maximum atomic E-state index is 12.1. The lowest BCUT2D eigenvalue weighted by Crippen LogP contribution is -2.15. The number of sulfone groups is 1. The molecular weight excluding hydrogens is 386 g/mol. The molecule has 0 bridgehead atoms. The van der Waals surface area contributed by atoms with Gasteiger partial charge in [-0.05, 0) is 30.3 Å². The third-order valence-electron chi connectivity index (χ3n) is 3.89. The highest BCUT2D eigenvalue weighted by molar-refractivity contribution is 7.99. The maximum absolute atomic E-state index is 12.1. The van der Waals surface area contributed by atoms with Crippen LogP contribution in [0.25, 0.3) is 11.0 Å². The van der Waals surface area contributed by atoms with E-state index in [1.807, 2.05) is 24.3 Å². The molecule has 3 N–H and O–H groups in total. The van der Waals surface area contributed by atoms with Crippen LogP contribution in [0.15, 0.2) is 47.4 Å². The lowest BCUT2D eigenvalue weighted by molar-refractivity contribution is -0.113. The van der Waals surface area contributed by atoms with Gasteiger partial charge in [-0.25, -0.2) is 13.4 Å². The van der Waals surface area contributed by atoms with Crippen molar-refractivity contribution in [1.29, 1.82) is 0 Å². The normalized spacial score (nSPS) is 11.6. The Hall–Kier alpha value is -2.52. The summed E-state index contributed by atoms with van der Waals surface area (Å²) in [6.45, 7) is 1.54. The lowest BCUT2D eigenvalue weighted by atomic mass is 10.3. The summed E-state index contributed by atoms with van der Waals surface area (Å²) in [4.78, 5) is 19.8. The van der Waals surface area contributed by atoms with Crippen molar-refractivity contribution < 1.29 is 18.3 Å². The third kappa shape index (κ3) is 4.61. The average molecular weight is 406 g/mol. The minimum absolute atomic E-state index is 0.0570. The molecule has 0 aliphatic rings. The Morgan fingerprint density at radius 1 is 1.26 bits per heavy atom. The van der Waals surface area contributed by atoms with Crippen molar-refractivity contribution in [2.45, 2.75) is 17.6 Å². The molecular formula is C18H19N3O4S2. The second kappa shape index (κ2) is 8.01. The van der Waals surface area contributed by atoms with E-state index in [2.05, 4.69) is 15.3 Å². The van der Waals surface area contributed by atoms with Crippen molar-refractivity contribution in [3.63, 3.8) is 0 Å². The first-order valence-corrected chi connectivity index (χ1v) is 11.1. The highest BCUT2D eigenvalue weighted by Crippen LogP contribution is 2.27.